The van der Waals surface area contributed by atoms with Crippen LogP contribution in [0, 0.1) is 0 Å². The van der Waals surface area contributed by atoms with Crippen LogP contribution in [-0.2, 0) is 4.79 Å². The molecule has 5 rings (SSSR count). The van der Waals surface area contributed by atoms with Crippen LogP contribution in [0.15, 0.2) is 24.4 Å². The summed E-state index contributed by atoms with van der Waals surface area (Å²) in [6.07, 6.45) is 6.63. The number of hydrogen-bond donors (Lipinski definition) is 2. The van der Waals surface area contributed by atoms with Gasteiger partial charge in [0.25, 0.3) is 11.8 Å². The fraction of sp³-hybridized carbons (Fsp3) is 0.586. The molecule has 1 aromatic carbocycles. The Labute approximate surface area is 239 Å². The molecule has 1 aliphatic carbocycles. The summed E-state index contributed by atoms with van der Waals surface area (Å²) >= 11 is 0. The number of aromatic nitrogens is 2. The lowest BCUT2D eigenvalue weighted by atomic mass is 10.0. The Morgan fingerprint density at radius 2 is 1.88 bits per heavy atom. The molecule has 10 nitrogen and oxygen atoms in total. The summed E-state index contributed by atoms with van der Waals surface area (Å²) < 4.78 is 35.6. The molecule has 2 N–H and O–H groups in total. The SMILES string of the molecule is CCOc1cc(C(=O)NC2CCN(CC)CC2)ccc1Nc1ncc2c(n1)N(C1CCCC1)CC(F)(F)C(=O)N2C. The van der Waals surface area contributed by atoms with Crippen LogP contribution >= 0.6 is 0 Å². The monoisotopic (exact) mass is 571 g/mol. The second-order valence-corrected chi connectivity index (χ2v) is 11.0. The number of benzene rings is 1. The van der Waals surface area contributed by atoms with Crippen LogP contribution in [0.3, 0.4) is 0 Å². The van der Waals surface area contributed by atoms with Gasteiger partial charge in [0.2, 0.25) is 5.95 Å². The van der Waals surface area contributed by atoms with E-state index in [2.05, 4.69) is 32.4 Å². The fourth-order valence-electron chi connectivity index (χ4n) is 5.93. The molecule has 222 valence electrons. The third-order valence-corrected chi connectivity index (χ3v) is 8.30. The van der Waals surface area contributed by atoms with Crippen molar-refractivity contribution < 1.29 is 23.1 Å². The molecule has 12 heteroatoms. The Hall–Kier alpha value is -3.54. The van der Waals surface area contributed by atoms with E-state index in [-0.39, 0.29) is 29.6 Å². The molecule has 3 heterocycles. The topological polar surface area (TPSA) is 103 Å². The number of likely N-dealkylation sites (tertiary alicyclic amines) is 1. The van der Waals surface area contributed by atoms with E-state index in [0.717, 1.165) is 63.1 Å². The molecule has 3 aliphatic rings. The summed E-state index contributed by atoms with van der Waals surface area (Å²) in [5.74, 6) is -4.05. The molecule has 0 radical (unpaired) electrons. The Morgan fingerprint density at radius 1 is 1.15 bits per heavy atom. The number of halogens is 2. The van der Waals surface area contributed by atoms with Gasteiger partial charge in [-0.05, 0) is 57.4 Å². The van der Waals surface area contributed by atoms with E-state index < -0.39 is 18.4 Å². The van der Waals surface area contributed by atoms with Crippen molar-refractivity contribution in [3.05, 3.63) is 30.0 Å². The second-order valence-electron chi connectivity index (χ2n) is 11.0. The Morgan fingerprint density at radius 3 is 2.56 bits per heavy atom. The van der Waals surface area contributed by atoms with Gasteiger partial charge in [-0.3, -0.25) is 9.59 Å². The van der Waals surface area contributed by atoms with Gasteiger partial charge in [-0.25, -0.2) is 4.98 Å². The minimum atomic E-state index is -3.54. The Balaban J connectivity index is 1.38. The zero-order valence-electron chi connectivity index (χ0n) is 24.0. The molecule has 2 amide bonds. The highest BCUT2D eigenvalue weighted by molar-refractivity contribution is 6.02. The van der Waals surface area contributed by atoms with Crippen molar-refractivity contribution in [3.8, 4) is 5.75 Å². The van der Waals surface area contributed by atoms with E-state index in [1.807, 2.05) is 6.92 Å². The first kappa shape index (κ1) is 29.0. The number of fused-ring (bicyclic) bond motifs is 1. The lowest BCUT2D eigenvalue weighted by molar-refractivity contribution is -0.140. The molecule has 2 aromatic rings. The van der Waals surface area contributed by atoms with E-state index in [4.69, 9.17) is 4.74 Å². The van der Waals surface area contributed by atoms with Crippen molar-refractivity contribution in [2.45, 2.75) is 70.4 Å². The summed E-state index contributed by atoms with van der Waals surface area (Å²) in [4.78, 5) is 39.4. The maximum atomic E-state index is 14.9. The number of piperidine rings is 1. The third-order valence-electron chi connectivity index (χ3n) is 8.30. The molecule has 2 fully saturated rings. The maximum Gasteiger partial charge on any atom is 0.342 e. The largest absolute Gasteiger partial charge is 0.492 e. The van der Waals surface area contributed by atoms with Crippen molar-refractivity contribution in [1.29, 1.82) is 0 Å². The lowest BCUT2D eigenvalue weighted by Crippen LogP contribution is -2.48. The molecule has 1 saturated carbocycles. The normalized spacial score (nSPS) is 20.1. The molecular weight excluding hydrogens is 532 g/mol. The quantitative estimate of drug-likeness (QED) is 0.486. The number of alkyl halides is 2. The van der Waals surface area contributed by atoms with Crippen molar-refractivity contribution >= 4 is 35.0 Å². The van der Waals surface area contributed by atoms with Crippen LogP contribution in [0.5, 0.6) is 5.75 Å². The van der Waals surface area contributed by atoms with E-state index in [1.165, 1.54) is 13.2 Å². The Kier molecular flexibility index (Phi) is 8.58. The van der Waals surface area contributed by atoms with Gasteiger partial charge in [0.1, 0.15) is 11.4 Å². The van der Waals surface area contributed by atoms with Gasteiger partial charge in [0.15, 0.2) is 5.82 Å². The number of rotatable bonds is 8. The van der Waals surface area contributed by atoms with Crippen LogP contribution in [-0.4, -0.2) is 84.5 Å². The summed E-state index contributed by atoms with van der Waals surface area (Å²) in [6, 6.07) is 5.12. The average molecular weight is 572 g/mol. The first-order chi connectivity index (χ1) is 19.7. The smallest absolute Gasteiger partial charge is 0.342 e. The molecule has 0 unspecified atom stereocenters. The second kappa shape index (κ2) is 12.1. The van der Waals surface area contributed by atoms with Gasteiger partial charge in [-0.1, -0.05) is 19.8 Å². The van der Waals surface area contributed by atoms with E-state index in [1.54, 1.807) is 23.1 Å². The number of ether oxygens (including phenoxy) is 1. The standard InChI is InChI=1S/C29H39F2N7O3/c1-4-37-14-12-20(13-15-37)33-26(39)19-10-11-22(24(16-19)41-5-2)34-28-32-17-23-25(35-28)38(21-8-6-7-9-21)18-29(30,31)27(40)36(23)3/h10-11,16-17,20-21H,4-9,12-15,18H2,1-3H3,(H,33,39)(H,32,34,35). The predicted octanol–water partition coefficient (Wildman–Crippen LogP) is 4.19. The first-order valence-electron chi connectivity index (χ1n) is 14.6. The molecule has 1 aromatic heterocycles. The van der Waals surface area contributed by atoms with Gasteiger partial charge in [0, 0.05) is 37.8 Å². The summed E-state index contributed by atoms with van der Waals surface area (Å²) in [7, 11) is 1.33. The van der Waals surface area contributed by atoms with Crippen LogP contribution in [0.2, 0.25) is 0 Å². The fourth-order valence-corrected chi connectivity index (χ4v) is 5.93. The molecule has 0 spiro atoms. The van der Waals surface area contributed by atoms with Gasteiger partial charge in [-0.2, -0.15) is 13.8 Å². The highest BCUT2D eigenvalue weighted by atomic mass is 19.3. The van der Waals surface area contributed by atoms with E-state index in [9.17, 15) is 18.4 Å². The molecular formula is C29H39F2N7O3. The van der Waals surface area contributed by atoms with Crippen LogP contribution in [0.25, 0.3) is 0 Å². The van der Waals surface area contributed by atoms with E-state index >= 15 is 0 Å². The Bertz CT molecular complexity index is 1260. The van der Waals surface area contributed by atoms with Crippen LogP contribution in [0.1, 0.15) is 62.7 Å². The lowest BCUT2D eigenvalue weighted by Gasteiger charge is -2.31. The average Bonchev–Trinajstić information content (AvgIpc) is 3.49. The molecule has 1 saturated heterocycles. The molecule has 0 bridgehead atoms. The number of carbonyl (C=O) groups excluding carboxylic acids is 2. The summed E-state index contributed by atoms with van der Waals surface area (Å²) in [5.41, 5.74) is 1.26. The van der Waals surface area contributed by atoms with Crippen molar-refractivity contribution in [3.63, 3.8) is 0 Å². The number of amides is 2. The van der Waals surface area contributed by atoms with Gasteiger partial charge < -0.3 is 30.1 Å². The molecule has 0 atom stereocenters. The minimum absolute atomic E-state index is 0.131. The van der Waals surface area contributed by atoms with Crippen molar-refractivity contribution in [1.82, 2.24) is 20.2 Å². The predicted molar refractivity (Wildman–Crippen MR) is 153 cm³/mol. The van der Waals surface area contributed by atoms with Gasteiger partial charge in [0.05, 0.1) is 25.0 Å². The van der Waals surface area contributed by atoms with Crippen LogP contribution < -0.4 is 25.2 Å². The number of hydrogen-bond acceptors (Lipinski definition) is 8. The number of nitrogens with one attached hydrogen (secondary N) is 2. The third kappa shape index (κ3) is 6.22. The van der Waals surface area contributed by atoms with Crippen LogP contribution in [0.4, 0.5) is 31.9 Å². The summed E-state index contributed by atoms with van der Waals surface area (Å²) in [5, 5.41) is 6.28. The summed E-state index contributed by atoms with van der Waals surface area (Å²) in [6.45, 7) is 6.59. The highest BCUT2D eigenvalue weighted by Crippen LogP contribution is 2.40. The molecule has 41 heavy (non-hydrogen) atoms. The minimum Gasteiger partial charge on any atom is -0.492 e. The maximum absolute atomic E-state index is 14.9. The zero-order valence-corrected chi connectivity index (χ0v) is 24.0. The van der Waals surface area contributed by atoms with E-state index in [0.29, 0.717) is 29.4 Å². The van der Waals surface area contributed by atoms with Crippen molar-refractivity contribution in [2.75, 3.05) is 55.0 Å². The van der Waals surface area contributed by atoms with Crippen molar-refractivity contribution in [2.24, 2.45) is 0 Å². The number of anilines is 4. The number of nitrogens with zero attached hydrogens (tertiary/aromatic N) is 5. The number of carbonyl (C=O) groups is 2. The van der Waals surface area contributed by atoms with Gasteiger partial charge in [-0.15, -0.1) is 0 Å². The highest BCUT2D eigenvalue weighted by Gasteiger charge is 2.48. The van der Waals surface area contributed by atoms with Gasteiger partial charge >= 0.3 is 5.92 Å². The first-order valence-corrected chi connectivity index (χ1v) is 14.6. The molecule has 2 aliphatic heterocycles. The zero-order chi connectivity index (χ0) is 29.1.